The number of urea groups is 1. The van der Waals surface area contributed by atoms with Crippen molar-refractivity contribution in [1.29, 1.82) is 0 Å². The lowest BCUT2D eigenvalue weighted by atomic mass is 10.1. The van der Waals surface area contributed by atoms with E-state index >= 15 is 0 Å². The summed E-state index contributed by atoms with van der Waals surface area (Å²) in [4.78, 5) is 22.5. The summed E-state index contributed by atoms with van der Waals surface area (Å²) < 4.78 is 0. The highest BCUT2D eigenvalue weighted by molar-refractivity contribution is 6.30. The smallest absolute Gasteiger partial charge is 0.326 e. The minimum Gasteiger partial charge on any atom is -0.480 e. The molecule has 0 aliphatic carbocycles. The van der Waals surface area contributed by atoms with Gasteiger partial charge in [0, 0.05) is 18.1 Å². The predicted molar refractivity (Wildman–Crippen MR) is 74.7 cm³/mol. The average molecular weight is 301 g/mol. The summed E-state index contributed by atoms with van der Waals surface area (Å²) >= 11 is 5.77. The molecule has 0 radical (unpaired) electrons. The van der Waals surface area contributed by atoms with Crippen LogP contribution in [-0.2, 0) is 4.79 Å². The van der Waals surface area contributed by atoms with Gasteiger partial charge in [-0.2, -0.15) is 0 Å². The molecule has 4 N–H and O–H groups in total. The van der Waals surface area contributed by atoms with Crippen molar-refractivity contribution in [3.8, 4) is 0 Å². The third-order valence-electron chi connectivity index (χ3n) is 2.74. The molecule has 2 amide bonds. The number of rotatable bonds is 6. The SMILES string of the molecule is CC(NC(=O)N[C@H](CCO)C(=O)O)c1ccc(Cl)cc1. The lowest BCUT2D eigenvalue weighted by Gasteiger charge is -2.18. The molecule has 7 heteroatoms. The van der Waals surface area contributed by atoms with Crippen LogP contribution in [0.3, 0.4) is 0 Å². The minimum atomic E-state index is -1.19. The first-order valence-corrected chi connectivity index (χ1v) is 6.48. The van der Waals surface area contributed by atoms with Gasteiger partial charge >= 0.3 is 12.0 Å². The molecule has 0 aliphatic heterocycles. The first-order chi connectivity index (χ1) is 9.43. The second-order valence-corrected chi connectivity index (χ2v) is 4.73. The van der Waals surface area contributed by atoms with Crippen LogP contribution in [0.15, 0.2) is 24.3 Å². The second-order valence-electron chi connectivity index (χ2n) is 4.29. The molecular weight excluding hydrogens is 284 g/mol. The van der Waals surface area contributed by atoms with Crippen molar-refractivity contribution < 1.29 is 19.8 Å². The first kappa shape index (κ1) is 16.3. The number of amides is 2. The van der Waals surface area contributed by atoms with Gasteiger partial charge in [-0.15, -0.1) is 0 Å². The number of hydrogen-bond acceptors (Lipinski definition) is 3. The molecular formula is C13H17ClN2O4. The van der Waals surface area contributed by atoms with Gasteiger partial charge in [0.2, 0.25) is 0 Å². The Morgan fingerprint density at radius 3 is 2.35 bits per heavy atom. The number of carbonyl (C=O) groups is 2. The number of aliphatic carboxylic acids is 1. The predicted octanol–water partition coefficient (Wildman–Crippen LogP) is 1.54. The van der Waals surface area contributed by atoms with Crippen molar-refractivity contribution in [3.63, 3.8) is 0 Å². The molecule has 6 nitrogen and oxygen atoms in total. The largest absolute Gasteiger partial charge is 0.480 e. The Kier molecular flexibility index (Phi) is 6.27. The molecule has 1 rings (SSSR count). The molecule has 0 saturated heterocycles. The molecule has 2 atom stereocenters. The highest BCUT2D eigenvalue weighted by Crippen LogP contribution is 2.15. The summed E-state index contributed by atoms with van der Waals surface area (Å²) in [7, 11) is 0. The zero-order chi connectivity index (χ0) is 15.1. The zero-order valence-electron chi connectivity index (χ0n) is 11.0. The topological polar surface area (TPSA) is 98.7 Å². The number of aliphatic hydroxyl groups excluding tert-OH is 1. The standard InChI is InChI=1S/C13H17ClN2O4/c1-8(9-2-4-10(14)5-3-9)15-13(20)16-11(6-7-17)12(18)19/h2-5,8,11,17H,6-7H2,1H3,(H,18,19)(H2,15,16,20)/t8?,11-/m1/s1. The van der Waals surface area contributed by atoms with Gasteiger partial charge < -0.3 is 20.8 Å². The van der Waals surface area contributed by atoms with E-state index in [1.807, 2.05) is 0 Å². The molecule has 110 valence electrons. The van der Waals surface area contributed by atoms with Gasteiger partial charge in [0.25, 0.3) is 0 Å². The van der Waals surface area contributed by atoms with Gasteiger partial charge in [-0.25, -0.2) is 9.59 Å². The lowest BCUT2D eigenvalue weighted by Crippen LogP contribution is -2.47. The summed E-state index contributed by atoms with van der Waals surface area (Å²) in [6.07, 6.45) is -0.0436. The fourth-order valence-electron chi connectivity index (χ4n) is 1.62. The Labute approximate surface area is 121 Å². The second kappa shape index (κ2) is 7.72. The van der Waals surface area contributed by atoms with E-state index in [4.69, 9.17) is 21.8 Å². The Balaban J connectivity index is 2.56. The molecule has 1 aromatic rings. The molecule has 20 heavy (non-hydrogen) atoms. The van der Waals surface area contributed by atoms with Gasteiger partial charge in [-0.05, 0) is 24.6 Å². The number of carbonyl (C=O) groups excluding carboxylic acids is 1. The Morgan fingerprint density at radius 2 is 1.85 bits per heavy atom. The van der Waals surface area contributed by atoms with Crippen LogP contribution in [0.2, 0.25) is 5.02 Å². The average Bonchev–Trinajstić information content (AvgIpc) is 2.38. The molecule has 0 spiro atoms. The minimum absolute atomic E-state index is 0.0436. The van der Waals surface area contributed by atoms with E-state index in [1.54, 1.807) is 31.2 Å². The Bertz CT molecular complexity index is 464. The molecule has 0 fully saturated rings. The van der Waals surface area contributed by atoms with Crippen molar-refractivity contribution in [3.05, 3.63) is 34.9 Å². The lowest BCUT2D eigenvalue weighted by molar-refractivity contribution is -0.139. The van der Waals surface area contributed by atoms with E-state index in [0.717, 1.165) is 5.56 Å². The highest BCUT2D eigenvalue weighted by Gasteiger charge is 2.20. The van der Waals surface area contributed by atoms with Crippen LogP contribution < -0.4 is 10.6 Å². The van der Waals surface area contributed by atoms with E-state index in [1.165, 1.54) is 0 Å². The summed E-state index contributed by atoms with van der Waals surface area (Å²) in [5.41, 5.74) is 0.846. The molecule has 1 unspecified atom stereocenters. The van der Waals surface area contributed by atoms with Crippen molar-refractivity contribution in [2.24, 2.45) is 0 Å². The summed E-state index contributed by atoms with van der Waals surface area (Å²) in [6, 6.07) is 4.95. The van der Waals surface area contributed by atoms with Crippen molar-refractivity contribution in [2.45, 2.75) is 25.4 Å². The zero-order valence-corrected chi connectivity index (χ0v) is 11.7. The number of carboxylic acid groups (broad SMARTS) is 1. The maximum absolute atomic E-state index is 11.7. The van der Waals surface area contributed by atoms with Gasteiger partial charge in [-0.1, -0.05) is 23.7 Å². The van der Waals surface area contributed by atoms with Crippen molar-refractivity contribution >= 4 is 23.6 Å². The van der Waals surface area contributed by atoms with Crippen LogP contribution in [0.25, 0.3) is 0 Å². The number of carboxylic acids is 1. The quantitative estimate of drug-likeness (QED) is 0.640. The normalized spacial score (nSPS) is 13.3. The molecule has 0 saturated carbocycles. The van der Waals surface area contributed by atoms with Crippen LogP contribution in [0.5, 0.6) is 0 Å². The molecule has 0 aromatic heterocycles. The fraction of sp³-hybridized carbons (Fsp3) is 0.385. The van der Waals surface area contributed by atoms with E-state index in [0.29, 0.717) is 5.02 Å². The molecule has 0 heterocycles. The monoisotopic (exact) mass is 300 g/mol. The molecule has 0 aliphatic rings. The summed E-state index contributed by atoms with van der Waals surface area (Å²) in [5, 5.41) is 23.1. The summed E-state index contributed by atoms with van der Waals surface area (Å²) in [6.45, 7) is 1.45. The highest BCUT2D eigenvalue weighted by atomic mass is 35.5. The fourth-order valence-corrected chi connectivity index (χ4v) is 1.74. The number of hydrogen-bond donors (Lipinski definition) is 4. The van der Waals surface area contributed by atoms with Gasteiger partial charge in [0.15, 0.2) is 0 Å². The van der Waals surface area contributed by atoms with Crippen LogP contribution in [0.4, 0.5) is 4.79 Å². The van der Waals surface area contributed by atoms with Crippen molar-refractivity contribution in [1.82, 2.24) is 10.6 Å². The molecule has 0 bridgehead atoms. The summed E-state index contributed by atoms with van der Waals surface area (Å²) in [5.74, 6) is -1.19. The van der Waals surface area contributed by atoms with Gasteiger partial charge in [-0.3, -0.25) is 0 Å². The Morgan fingerprint density at radius 1 is 1.25 bits per heavy atom. The van der Waals surface area contributed by atoms with E-state index in [-0.39, 0.29) is 19.1 Å². The van der Waals surface area contributed by atoms with Crippen LogP contribution in [-0.4, -0.2) is 34.9 Å². The van der Waals surface area contributed by atoms with E-state index in [2.05, 4.69) is 10.6 Å². The van der Waals surface area contributed by atoms with Crippen LogP contribution >= 0.6 is 11.6 Å². The Hall–Kier alpha value is -1.79. The third kappa shape index (κ3) is 5.07. The van der Waals surface area contributed by atoms with E-state index in [9.17, 15) is 9.59 Å². The number of nitrogens with one attached hydrogen (secondary N) is 2. The van der Waals surface area contributed by atoms with Crippen molar-refractivity contribution in [2.75, 3.05) is 6.61 Å². The van der Waals surface area contributed by atoms with Crippen LogP contribution in [0.1, 0.15) is 24.9 Å². The maximum atomic E-state index is 11.7. The number of aliphatic hydroxyl groups is 1. The first-order valence-electron chi connectivity index (χ1n) is 6.10. The van der Waals surface area contributed by atoms with Gasteiger partial charge in [0.05, 0.1) is 6.04 Å². The molecule has 1 aromatic carbocycles. The number of benzene rings is 1. The number of halogens is 1. The maximum Gasteiger partial charge on any atom is 0.326 e. The third-order valence-corrected chi connectivity index (χ3v) is 2.99. The van der Waals surface area contributed by atoms with Crippen LogP contribution in [0, 0.1) is 0 Å². The van der Waals surface area contributed by atoms with Gasteiger partial charge in [0.1, 0.15) is 6.04 Å². The van der Waals surface area contributed by atoms with E-state index < -0.39 is 18.0 Å².